The first-order valence-corrected chi connectivity index (χ1v) is 9.36. The first-order valence-electron chi connectivity index (χ1n) is 9.36. The topological polar surface area (TPSA) is 0 Å². The van der Waals surface area contributed by atoms with E-state index in [1.54, 1.807) is 0 Å². The molecule has 1 radical (unpaired) electrons. The summed E-state index contributed by atoms with van der Waals surface area (Å²) in [7, 11) is 0. The standard InChI is InChI=1S/C19H29F4/c1-11-2-4-12(5-3-11)14-9-17(22)19(18(23)10-14)13-6-7-15(20)16(21)8-13/h11,13-19H,2-10H2,1H3. The highest BCUT2D eigenvalue weighted by molar-refractivity contribution is 5.05. The molecule has 3 saturated carbocycles. The van der Waals surface area contributed by atoms with E-state index >= 15 is 0 Å². The van der Waals surface area contributed by atoms with Gasteiger partial charge >= 0.3 is 0 Å². The fraction of sp³-hybridized carbons (Fsp3) is 0.947. The second kappa shape index (κ2) is 7.31. The van der Waals surface area contributed by atoms with E-state index in [1.165, 1.54) is 5.92 Å². The summed E-state index contributed by atoms with van der Waals surface area (Å²) < 4.78 is 56.3. The van der Waals surface area contributed by atoms with Crippen LogP contribution in [0.3, 0.4) is 0 Å². The molecule has 0 spiro atoms. The number of alkyl halides is 4. The smallest absolute Gasteiger partial charge is 0.131 e. The molecule has 5 unspecified atom stereocenters. The Morgan fingerprint density at radius 2 is 1.30 bits per heavy atom. The van der Waals surface area contributed by atoms with Gasteiger partial charge in [-0.15, -0.1) is 0 Å². The molecule has 0 aromatic carbocycles. The van der Waals surface area contributed by atoms with Crippen molar-refractivity contribution in [3.63, 3.8) is 0 Å². The predicted molar refractivity (Wildman–Crippen MR) is 84.0 cm³/mol. The summed E-state index contributed by atoms with van der Waals surface area (Å²) in [6.45, 7) is 2.23. The van der Waals surface area contributed by atoms with Crippen molar-refractivity contribution in [1.82, 2.24) is 0 Å². The lowest BCUT2D eigenvalue weighted by atomic mass is 9.64. The van der Waals surface area contributed by atoms with Gasteiger partial charge in [-0.2, -0.15) is 0 Å². The normalized spacial score (nSPS) is 47.6. The number of hydrogen-bond donors (Lipinski definition) is 0. The molecule has 3 aliphatic carbocycles. The zero-order valence-corrected chi connectivity index (χ0v) is 14.0. The van der Waals surface area contributed by atoms with Crippen LogP contribution in [0.4, 0.5) is 17.6 Å². The van der Waals surface area contributed by atoms with Crippen molar-refractivity contribution in [3.05, 3.63) is 5.92 Å². The third-order valence-corrected chi connectivity index (χ3v) is 6.63. The summed E-state index contributed by atoms with van der Waals surface area (Å²) in [6, 6.07) is 0. The van der Waals surface area contributed by atoms with Gasteiger partial charge in [0.25, 0.3) is 0 Å². The minimum atomic E-state index is -1.54. The van der Waals surface area contributed by atoms with Crippen LogP contribution in [0.25, 0.3) is 0 Å². The Morgan fingerprint density at radius 1 is 0.696 bits per heavy atom. The maximum atomic E-state index is 14.7. The van der Waals surface area contributed by atoms with Gasteiger partial charge in [-0.3, -0.25) is 0 Å². The van der Waals surface area contributed by atoms with Gasteiger partial charge in [-0.25, -0.2) is 17.6 Å². The van der Waals surface area contributed by atoms with E-state index in [0.717, 1.165) is 31.6 Å². The molecule has 133 valence electrons. The molecule has 3 fully saturated rings. The molecule has 0 aromatic rings. The average Bonchev–Trinajstić information content (AvgIpc) is 2.51. The minimum absolute atomic E-state index is 0.00851. The Labute approximate surface area is 137 Å². The summed E-state index contributed by atoms with van der Waals surface area (Å²) in [6.07, 6.45) is 0.192. The third kappa shape index (κ3) is 3.87. The third-order valence-electron chi connectivity index (χ3n) is 6.63. The Morgan fingerprint density at radius 3 is 1.87 bits per heavy atom. The lowest BCUT2D eigenvalue weighted by Gasteiger charge is -2.44. The zero-order chi connectivity index (χ0) is 16.6. The lowest BCUT2D eigenvalue weighted by molar-refractivity contribution is -0.0251. The molecule has 3 aliphatic rings. The van der Waals surface area contributed by atoms with Crippen molar-refractivity contribution in [2.24, 2.45) is 23.7 Å². The van der Waals surface area contributed by atoms with E-state index < -0.39 is 30.6 Å². The lowest BCUT2D eigenvalue weighted by Crippen LogP contribution is -2.44. The second-order valence-electron chi connectivity index (χ2n) is 8.22. The van der Waals surface area contributed by atoms with Gasteiger partial charge < -0.3 is 0 Å². The van der Waals surface area contributed by atoms with Crippen LogP contribution in [0.15, 0.2) is 0 Å². The average molecular weight is 333 g/mol. The number of halogens is 4. The van der Waals surface area contributed by atoms with Crippen LogP contribution in [0.5, 0.6) is 0 Å². The molecule has 0 bridgehead atoms. The summed E-state index contributed by atoms with van der Waals surface area (Å²) in [5.74, 6) is 1.07. The van der Waals surface area contributed by atoms with Crippen LogP contribution in [0.2, 0.25) is 0 Å². The van der Waals surface area contributed by atoms with E-state index in [0.29, 0.717) is 19.3 Å². The van der Waals surface area contributed by atoms with Crippen molar-refractivity contribution < 1.29 is 17.6 Å². The highest BCUT2D eigenvalue weighted by Gasteiger charge is 2.47. The minimum Gasteiger partial charge on any atom is -0.247 e. The van der Waals surface area contributed by atoms with Gasteiger partial charge in [0, 0.05) is 5.92 Å². The Balaban J connectivity index is 1.59. The van der Waals surface area contributed by atoms with Gasteiger partial charge in [-0.1, -0.05) is 19.8 Å². The summed E-state index contributed by atoms with van der Waals surface area (Å²) >= 11 is 0. The first-order chi connectivity index (χ1) is 11.0. The largest absolute Gasteiger partial charge is 0.247 e. The molecule has 0 amide bonds. The van der Waals surface area contributed by atoms with Crippen LogP contribution >= 0.6 is 0 Å². The molecule has 3 rings (SSSR count). The number of hydrogen-bond acceptors (Lipinski definition) is 0. The van der Waals surface area contributed by atoms with Gasteiger partial charge in [0.05, 0.1) is 0 Å². The van der Waals surface area contributed by atoms with Crippen LogP contribution in [0, 0.1) is 29.6 Å². The van der Waals surface area contributed by atoms with E-state index in [9.17, 15) is 17.6 Å². The van der Waals surface area contributed by atoms with Gasteiger partial charge in [-0.05, 0) is 68.6 Å². The van der Waals surface area contributed by atoms with Gasteiger partial charge in [0.1, 0.15) is 24.7 Å². The van der Waals surface area contributed by atoms with E-state index in [1.807, 2.05) is 0 Å². The van der Waals surface area contributed by atoms with E-state index in [-0.39, 0.29) is 24.7 Å². The van der Waals surface area contributed by atoms with Crippen LogP contribution in [0.1, 0.15) is 64.7 Å². The Hall–Kier alpha value is -0.280. The molecule has 0 aliphatic heterocycles. The fourth-order valence-corrected chi connectivity index (χ4v) is 5.10. The van der Waals surface area contributed by atoms with Crippen molar-refractivity contribution in [3.8, 4) is 0 Å². The van der Waals surface area contributed by atoms with Crippen molar-refractivity contribution in [2.75, 3.05) is 0 Å². The molecular formula is C19H29F4. The van der Waals surface area contributed by atoms with Gasteiger partial charge in [0.15, 0.2) is 0 Å². The maximum absolute atomic E-state index is 14.7. The molecule has 0 saturated heterocycles. The molecule has 0 heterocycles. The molecule has 0 aromatic heterocycles. The molecule has 5 atom stereocenters. The molecule has 0 nitrogen and oxygen atoms in total. The number of rotatable bonds is 2. The van der Waals surface area contributed by atoms with Gasteiger partial charge in [0.2, 0.25) is 0 Å². The van der Waals surface area contributed by atoms with Crippen molar-refractivity contribution in [2.45, 2.75) is 89.4 Å². The highest BCUT2D eigenvalue weighted by atomic mass is 19.2. The zero-order valence-electron chi connectivity index (χ0n) is 14.0. The molecule has 4 heteroatoms. The van der Waals surface area contributed by atoms with Crippen molar-refractivity contribution in [1.29, 1.82) is 0 Å². The molecule has 0 N–H and O–H groups in total. The summed E-state index contributed by atoms with van der Waals surface area (Å²) in [5, 5.41) is 0. The monoisotopic (exact) mass is 333 g/mol. The van der Waals surface area contributed by atoms with Crippen LogP contribution in [-0.2, 0) is 0 Å². The second-order valence-corrected chi connectivity index (χ2v) is 8.22. The molecular weight excluding hydrogens is 304 g/mol. The Kier molecular flexibility index (Phi) is 5.57. The SMILES string of the molecule is CC1CC[C](C2CC(F)C(C3CCC(F)C(F)C3)C(F)C2)CC1. The quantitative estimate of drug-likeness (QED) is 0.548. The van der Waals surface area contributed by atoms with E-state index in [2.05, 4.69) is 6.92 Å². The predicted octanol–water partition coefficient (Wildman–Crippen LogP) is 5.95. The highest BCUT2D eigenvalue weighted by Crippen LogP contribution is 2.48. The first kappa shape index (κ1) is 17.5. The Bertz CT molecular complexity index is 368. The fourth-order valence-electron chi connectivity index (χ4n) is 5.10. The summed E-state index contributed by atoms with van der Waals surface area (Å²) in [5.41, 5.74) is 0. The van der Waals surface area contributed by atoms with Crippen LogP contribution in [-0.4, -0.2) is 24.7 Å². The maximum Gasteiger partial charge on any atom is 0.131 e. The van der Waals surface area contributed by atoms with Crippen LogP contribution < -0.4 is 0 Å². The molecule has 23 heavy (non-hydrogen) atoms. The van der Waals surface area contributed by atoms with E-state index in [4.69, 9.17) is 0 Å². The van der Waals surface area contributed by atoms with Crippen molar-refractivity contribution >= 4 is 0 Å². The summed E-state index contributed by atoms with van der Waals surface area (Å²) in [4.78, 5) is 0.